The molecule has 0 saturated carbocycles. The zero-order valence-electron chi connectivity index (χ0n) is 23.5. The molecule has 2 atom stereocenters. The number of nitrogens with zero attached hydrogens (tertiary/aromatic N) is 2. The number of ether oxygens (including phenoxy) is 2. The smallest absolute Gasteiger partial charge is 0.277 e. The van der Waals surface area contributed by atoms with Gasteiger partial charge in [-0.05, 0) is 49.1 Å². The van der Waals surface area contributed by atoms with Crippen LogP contribution in [0.3, 0.4) is 0 Å². The quantitative estimate of drug-likeness (QED) is 0.239. The van der Waals surface area contributed by atoms with Crippen LogP contribution in [0, 0.1) is 13.8 Å². The zero-order chi connectivity index (χ0) is 29.8. The zero-order valence-corrected chi connectivity index (χ0v) is 24.3. The van der Waals surface area contributed by atoms with E-state index in [9.17, 15) is 14.7 Å². The number of carbonyl (C=O) groups is 1. The molecule has 1 aliphatic rings. The molecule has 5 rings (SSSR count). The molecule has 0 spiro atoms. The highest BCUT2D eigenvalue weighted by molar-refractivity contribution is 6.36. The number of hydrogen-bond donors (Lipinski definition) is 4. The van der Waals surface area contributed by atoms with Crippen LogP contribution in [0.2, 0.25) is 5.02 Å². The van der Waals surface area contributed by atoms with E-state index in [1.165, 1.54) is 6.20 Å². The van der Waals surface area contributed by atoms with Gasteiger partial charge in [0.15, 0.2) is 0 Å². The minimum atomic E-state index is -0.559. The van der Waals surface area contributed by atoms with E-state index < -0.39 is 17.6 Å². The van der Waals surface area contributed by atoms with Crippen molar-refractivity contribution >= 4 is 23.2 Å². The molecule has 0 radical (unpaired) electrons. The Morgan fingerprint density at radius 1 is 1.14 bits per heavy atom. The van der Waals surface area contributed by atoms with Gasteiger partial charge in [0.05, 0.1) is 36.7 Å². The van der Waals surface area contributed by atoms with E-state index >= 15 is 0 Å². The molecule has 3 heterocycles. The lowest BCUT2D eigenvalue weighted by molar-refractivity contribution is -0.0281. The maximum atomic E-state index is 13.0. The van der Waals surface area contributed by atoms with E-state index in [2.05, 4.69) is 20.8 Å². The van der Waals surface area contributed by atoms with Gasteiger partial charge >= 0.3 is 0 Å². The second-order valence-corrected chi connectivity index (χ2v) is 10.5. The highest BCUT2D eigenvalue weighted by atomic mass is 35.5. The summed E-state index contributed by atoms with van der Waals surface area (Å²) < 4.78 is 10.9. The number of H-pyrrole nitrogens is 1. The lowest BCUT2D eigenvalue weighted by Gasteiger charge is -2.28. The van der Waals surface area contributed by atoms with Gasteiger partial charge in [0.2, 0.25) is 5.88 Å². The molecule has 1 saturated heterocycles. The SMILES string of the molecule is COc1nc(-c2cccc(-c3cccc(NC(=O)c4c(C)cn[nH]c4=O)c3C)c2Cl)ccc1CNC1CCOCC1O. The van der Waals surface area contributed by atoms with E-state index in [0.29, 0.717) is 47.6 Å². The predicted molar refractivity (Wildman–Crippen MR) is 161 cm³/mol. The first-order valence-electron chi connectivity index (χ1n) is 13.6. The molecule has 4 aromatic rings. The van der Waals surface area contributed by atoms with E-state index in [1.54, 1.807) is 20.1 Å². The van der Waals surface area contributed by atoms with Crippen molar-refractivity contribution in [3.63, 3.8) is 0 Å². The summed E-state index contributed by atoms with van der Waals surface area (Å²) in [6.45, 7) is 4.95. The molecule has 1 amide bonds. The number of carbonyl (C=O) groups excluding carboxylic acids is 1. The molecule has 218 valence electrons. The molecule has 11 heteroatoms. The van der Waals surface area contributed by atoms with Crippen molar-refractivity contribution < 1.29 is 19.4 Å². The maximum absolute atomic E-state index is 13.0. The highest BCUT2D eigenvalue weighted by Crippen LogP contribution is 2.39. The van der Waals surface area contributed by atoms with Crippen molar-refractivity contribution in [3.8, 4) is 28.3 Å². The lowest BCUT2D eigenvalue weighted by atomic mass is 9.96. The van der Waals surface area contributed by atoms with Gasteiger partial charge in [-0.1, -0.05) is 48.0 Å². The Bertz CT molecular complexity index is 1670. The van der Waals surface area contributed by atoms with Gasteiger partial charge in [-0.15, -0.1) is 0 Å². The fourth-order valence-electron chi connectivity index (χ4n) is 5.09. The third kappa shape index (κ3) is 6.07. The van der Waals surface area contributed by atoms with Crippen LogP contribution in [0.25, 0.3) is 22.4 Å². The van der Waals surface area contributed by atoms with Crippen molar-refractivity contribution in [1.29, 1.82) is 0 Å². The second-order valence-electron chi connectivity index (χ2n) is 10.1. The number of aryl methyl sites for hydroxylation is 1. The van der Waals surface area contributed by atoms with Crippen LogP contribution in [0.5, 0.6) is 5.88 Å². The minimum Gasteiger partial charge on any atom is -0.481 e. The molecule has 0 aliphatic carbocycles. The number of nitrogens with one attached hydrogen (secondary N) is 3. The van der Waals surface area contributed by atoms with Gasteiger partial charge < -0.3 is 25.2 Å². The van der Waals surface area contributed by atoms with Crippen molar-refractivity contribution in [2.75, 3.05) is 25.6 Å². The first-order valence-corrected chi connectivity index (χ1v) is 13.9. The Kier molecular flexibility index (Phi) is 8.98. The molecular weight excluding hydrogens is 558 g/mol. The molecule has 4 N–H and O–H groups in total. The molecule has 10 nitrogen and oxygen atoms in total. The molecule has 1 aliphatic heterocycles. The molecular formula is C31H32ClN5O5. The number of anilines is 1. The normalized spacial score (nSPS) is 16.7. The lowest BCUT2D eigenvalue weighted by Crippen LogP contribution is -2.46. The van der Waals surface area contributed by atoms with Crippen LogP contribution in [-0.4, -0.2) is 58.7 Å². The van der Waals surface area contributed by atoms with Crippen molar-refractivity contribution in [1.82, 2.24) is 20.5 Å². The summed E-state index contributed by atoms with van der Waals surface area (Å²) in [5.74, 6) is -0.0567. The van der Waals surface area contributed by atoms with Crippen LogP contribution in [0.4, 0.5) is 5.69 Å². The Labute approximate surface area is 248 Å². The summed E-state index contributed by atoms with van der Waals surface area (Å²) in [6, 6.07) is 15.0. The standard InChI is InChI=1S/C31H32ClN5O5/c1-17-14-34-37-30(40)27(17)29(39)35-23-9-5-6-20(18(23)2)21-7-4-8-22(28(21)32)24-11-10-19(31(36-24)41-3)15-33-25-12-13-42-16-26(25)38/h4-11,14,25-26,33,38H,12-13,15-16H2,1-3H3,(H,35,39)(H,37,40). The number of halogens is 1. The average molecular weight is 590 g/mol. The van der Waals surface area contributed by atoms with Crippen LogP contribution >= 0.6 is 11.6 Å². The Balaban J connectivity index is 1.42. The third-order valence-corrected chi connectivity index (χ3v) is 7.84. The first-order chi connectivity index (χ1) is 20.3. The van der Waals surface area contributed by atoms with Crippen molar-refractivity contribution in [2.24, 2.45) is 0 Å². The predicted octanol–water partition coefficient (Wildman–Crippen LogP) is 4.27. The maximum Gasteiger partial charge on any atom is 0.277 e. The Hall–Kier alpha value is -4.09. The number of aliphatic hydroxyl groups is 1. The molecule has 2 unspecified atom stereocenters. The van der Waals surface area contributed by atoms with E-state index in [4.69, 9.17) is 26.1 Å². The molecule has 1 fully saturated rings. The Morgan fingerprint density at radius 3 is 2.67 bits per heavy atom. The molecule has 2 aromatic heterocycles. The molecule has 42 heavy (non-hydrogen) atoms. The minimum absolute atomic E-state index is 0.0115. The fourth-order valence-corrected chi connectivity index (χ4v) is 5.41. The van der Waals surface area contributed by atoms with Gasteiger partial charge in [-0.2, -0.15) is 5.10 Å². The number of hydrogen-bond acceptors (Lipinski definition) is 8. The van der Waals surface area contributed by atoms with Gasteiger partial charge in [0.1, 0.15) is 5.56 Å². The van der Waals surface area contributed by atoms with Crippen LogP contribution < -0.4 is 20.9 Å². The van der Waals surface area contributed by atoms with Crippen LogP contribution in [0.1, 0.15) is 33.5 Å². The molecule has 2 aromatic carbocycles. The largest absolute Gasteiger partial charge is 0.481 e. The third-order valence-electron chi connectivity index (χ3n) is 7.43. The van der Waals surface area contributed by atoms with E-state index in [0.717, 1.165) is 34.2 Å². The van der Waals surface area contributed by atoms with Gasteiger partial charge in [-0.3, -0.25) is 9.59 Å². The fraction of sp³-hybridized carbons (Fsp3) is 0.290. The summed E-state index contributed by atoms with van der Waals surface area (Å²) in [6.07, 6.45) is 1.60. The topological polar surface area (TPSA) is 138 Å². The highest BCUT2D eigenvalue weighted by Gasteiger charge is 2.24. The summed E-state index contributed by atoms with van der Waals surface area (Å²) in [5, 5.41) is 23.0. The Morgan fingerprint density at radius 2 is 1.90 bits per heavy atom. The van der Waals surface area contributed by atoms with Crippen molar-refractivity contribution in [2.45, 2.75) is 39.0 Å². The monoisotopic (exact) mass is 589 g/mol. The van der Waals surface area contributed by atoms with E-state index in [-0.39, 0.29) is 11.6 Å². The van der Waals surface area contributed by atoms with E-state index in [1.807, 2.05) is 49.4 Å². The van der Waals surface area contributed by atoms with Gasteiger partial charge in [0.25, 0.3) is 11.5 Å². The van der Waals surface area contributed by atoms with Crippen molar-refractivity contribution in [3.05, 3.63) is 92.4 Å². The number of aromatic nitrogens is 3. The number of benzene rings is 2. The number of rotatable bonds is 8. The van der Waals surface area contributed by atoms with Gasteiger partial charge in [-0.25, -0.2) is 10.1 Å². The number of aliphatic hydroxyl groups excluding tert-OH is 1. The number of pyridine rings is 1. The first kappa shape index (κ1) is 29.4. The van der Waals surface area contributed by atoms with Gasteiger partial charge in [0, 0.05) is 41.6 Å². The number of amides is 1. The summed E-state index contributed by atoms with van der Waals surface area (Å²) in [5.41, 5.74) is 5.09. The second kappa shape index (κ2) is 12.8. The summed E-state index contributed by atoms with van der Waals surface area (Å²) in [4.78, 5) is 29.9. The summed E-state index contributed by atoms with van der Waals surface area (Å²) in [7, 11) is 1.57. The van der Waals surface area contributed by atoms with Crippen LogP contribution in [-0.2, 0) is 11.3 Å². The average Bonchev–Trinajstić information content (AvgIpc) is 2.98. The summed E-state index contributed by atoms with van der Waals surface area (Å²) >= 11 is 6.99. The molecule has 0 bridgehead atoms. The number of aromatic amines is 1. The number of methoxy groups -OCH3 is 1. The van der Waals surface area contributed by atoms with Crippen LogP contribution in [0.15, 0.2) is 59.5 Å².